The van der Waals surface area contributed by atoms with Crippen LogP contribution in [0.5, 0.6) is 0 Å². The molecule has 2 rings (SSSR count). The number of nitrogens with one attached hydrogen (secondary N) is 1. The van der Waals surface area contributed by atoms with Gasteiger partial charge in [-0.3, -0.25) is 4.72 Å². The van der Waals surface area contributed by atoms with Gasteiger partial charge in [-0.2, -0.15) is 4.31 Å². The van der Waals surface area contributed by atoms with Crippen LogP contribution in [0.4, 0.5) is 5.69 Å². The molecule has 0 aliphatic carbocycles. The van der Waals surface area contributed by atoms with Crippen LogP contribution >= 0.6 is 0 Å². The van der Waals surface area contributed by atoms with Crippen molar-refractivity contribution in [3.8, 4) is 0 Å². The highest BCUT2D eigenvalue weighted by Crippen LogP contribution is 2.20. The number of benzene rings is 2. The highest BCUT2D eigenvalue weighted by Gasteiger charge is 2.22. The van der Waals surface area contributed by atoms with Crippen LogP contribution in [-0.2, 0) is 20.0 Å². The molecule has 0 saturated carbocycles. The van der Waals surface area contributed by atoms with Crippen molar-refractivity contribution in [1.29, 1.82) is 0 Å². The highest BCUT2D eigenvalue weighted by molar-refractivity contribution is 7.92. The third kappa shape index (κ3) is 3.95. The van der Waals surface area contributed by atoms with Crippen molar-refractivity contribution in [2.75, 3.05) is 17.8 Å². The number of hydrogen-bond donors (Lipinski definition) is 1. The molecule has 8 heteroatoms. The second-order valence-electron chi connectivity index (χ2n) is 5.03. The lowest BCUT2D eigenvalue weighted by atomic mass is 10.3. The lowest BCUT2D eigenvalue weighted by Gasteiger charge is -2.18. The van der Waals surface area contributed by atoms with Crippen LogP contribution in [0.15, 0.2) is 64.4 Å². The molecular formula is C16H20N2O4S2. The van der Waals surface area contributed by atoms with Crippen LogP contribution in [-0.4, -0.2) is 34.2 Å². The van der Waals surface area contributed by atoms with Gasteiger partial charge in [0.1, 0.15) is 0 Å². The molecule has 2 aromatic rings. The molecule has 0 aliphatic heterocycles. The summed E-state index contributed by atoms with van der Waals surface area (Å²) in [7, 11) is -7.37. The van der Waals surface area contributed by atoms with E-state index in [0.29, 0.717) is 18.8 Å². The standard InChI is InChI=1S/C16H20N2O4S2/c1-3-18(4-2)24(21,22)16-12-10-15(11-13-16)23(19,20)17-14-8-6-5-7-9-14/h5-13,17H,3-4H2,1-2H3. The Hall–Kier alpha value is -1.90. The normalized spacial score (nSPS) is 12.3. The number of rotatable bonds is 7. The monoisotopic (exact) mass is 368 g/mol. The fourth-order valence-corrected chi connectivity index (χ4v) is 4.74. The van der Waals surface area contributed by atoms with Gasteiger partial charge in [-0.1, -0.05) is 32.0 Å². The van der Waals surface area contributed by atoms with Crippen LogP contribution in [0.2, 0.25) is 0 Å². The van der Waals surface area contributed by atoms with E-state index in [9.17, 15) is 16.8 Å². The van der Waals surface area contributed by atoms with Crippen molar-refractivity contribution in [3.63, 3.8) is 0 Å². The summed E-state index contributed by atoms with van der Waals surface area (Å²) in [6.07, 6.45) is 0. The average Bonchev–Trinajstić information content (AvgIpc) is 2.56. The number of para-hydroxylation sites is 1. The van der Waals surface area contributed by atoms with Gasteiger partial charge in [-0.05, 0) is 36.4 Å². The van der Waals surface area contributed by atoms with Crippen LogP contribution < -0.4 is 4.72 Å². The topological polar surface area (TPSA) is 83.6 Å². The van der Waals surface area contributed by atoms with Crippen LogP contribution in [0.25, 0.3) is 0 Å². The first-order valence-electron chi connectivity index (χ1n) is 7.49. The zero-order valence-electron chi connectivity index (χ0n) is 13.5. The molecule has 6 nitrogen and oxygen atoms in total. The van der Waals surface area contributed by atoms with Crippen LogP contribution in [0, 0.1) is 0 Å². The predicted molar refractivity (Wildman–Crippen MR) is 93.8 cm³/mol. The average molecular weight is 368 g/mol. The Balaban J connectivity index is 2.29. The van der Waals surface area contributed by atoms with Gasteiger partial charge in [-0.25, -0.2) is 16.8 Å². The van der Waals surface area contributed by atoms with Crippen LogP contribution in [0.3, 0.4) is 0 Å². The van der Waals surface area contributed by atoms with Crippen molar-refractivity contribution in [2.45, 2.75) is 23.6 Å². The van der Waals surface area contributed by atoms with Gasteiger partial charge in [0.2, 0.25) is 10.0 Å². The Kier molecular flexibility index (Phi) is 5.63. The number of hydrogen-bond acceptors (Lipinski definition) is 4. The highest BCUT2D eigenvalue weighted by atomic mass is 32.2. The summed E-state index contributed by atoms with van der Waals surface area (Å²) < 4.78 is 53.3. The molecule has 1 N–H and O–H groups in total. The third-order valence-corrected chi connectivity index (χ3v) is 6.96. The Morgan fingerprint density at radius 2 is 1.29 bits per heavy atom. The summed E-state index contributed by atoms with van der Waals surface area (Å²) in [5, 5.41) is 0. The summed E-state index contributed by atoms with van der Waals surface area (Å²) in [6, 6.07) is 13.7. The van der Waals surface area contributed by atoms with Crippen molar-refractivity contribution in [1.82, 2.24) is 4.31 Å². The maximum atomic E-state index is 12.4. The quantitative estimate of drug-likeness (QED) is 0.814. The number of nitrogens with zero attached hydrogens (tertiary/aromatic N) is 1. The Morgan fingerprint density at radius 3 is 1.79 bits per heavy atom. The maximum Gasteiger partial charge on any atom is 0.261 e. The zero-order valence-corrected chi connectivity index (χ0v) is 15.1. The molecule has 0 unspecified atom stereocenters. The molecule has 0 fully saturated rings. The zero-order chi connectivity index (χ0) is 17.8. The van der Waals surface area contributed by atoms with Gasteiger partial charge >= 0.3 is 0 Å². The van der Waals surface area contributed by atoms with E-state index in [4.69, 9.17) is 0 Å². The maximum absolute atomic E-state index is 12.4. The first kappa shape index (κ1) is 18.4. The van der Waals surface area contributed by atoms with E-state index in [1.807, 2.05) is 0 Å². The van der Waals surface area contributed by atoms with Gasteiger partial charge in [-0.15, -0.1) is 0 Å². The molecule has 0 radical (unpaired) electrons. The lowest BCUT2D eigenvalue weighted by molar-refractivity contribution is 0.445. The minimum absolute atomic E-state index is 0.00449. The van der Waals surface area contributed by atoms with E-state index >= 15 is 0 Å². The van der Waals surface area contributed by atoms with Crippen molar-refractivity contribution in [2.24, 2.45) is 0 Å². The van der Waals surface area contributed by atoms with Gasteiger partial charge in [0.15, 0.2) is 0 Å². The largest absolute Gasteiger partial charge is 0.280 e. The Morgan fingerprint density at radius 1 is 0.792 bits per heavy atom. The van der Waals surface area contributed by atoms with Crippen LogP contribution in [0.1, 0.15) is 13.8 Å². The molecular weight excluding hydrogens is 348 g/mol. The van der Waals surface area contributed by atoms with Gasteiger partial charge < -0.3 is 0 Å². The smallest absolute Gasteiger partial charge is 0.261 e. The molecule has 2 aromatic carbocycles. The Bertz CT molecular complexity index is 873. The van der Waals surface area contributed by atoms with Gasteiger partial charge in [0, 0.05) is 18.8 Å². The molecule has 0 atom stereocenters. The second-order valence-corrected chi connectivity index (χ2v) is 8.65. The molecule has 0 bridgehead atoms. The van der Waals surface area contributed by atoms with E-state index < -0.39 is 20.0 Å². The molecule has 0 spiro atoms. The summed E-state index contributed by atoms with van der Waals surface area (Å²) in [4.78, 5) is 0.0784. The minimum atomic E-state index is -3.77. The summed E-state index contributed by atoms with van der Waals surface area (Å²) in [6.45, 7) is 4.22. The minimum Gasteiger partial charge on any atom is -0.280 e. The lowest BCUT2D eigenvalue weighted by Crippen LogP contribution is -2.30. The summed E-state index contributed by atoms with van der Waals surface area (Å²) in [5.74, 6) is 0. The molecule has 0 amide bonds. The van der Waals surface area contributed by atoms with Crippen molar-refractivity contribution < 1.29 is 16.8 Å². The fourth-order valence-electron chi connectivity index (χ4n) is 2.22. The van der Waals surface area contributed by atoms with E-state index in [-0.39, 0.29) is 9.79 Å². The summed E-state index contributed by atoms with van der Waals surface area (Å²) in [5.41, 5.74) is 0.442. The first-order chi connectivity index (χ1) is 11.3. The van der Waals surface area contributed by atoms with Gasteiger partial charge in [0.05, 0.1) is 9.79 Å². The summed E-state index contributed by atoms with van der Waals surface area (Å²) >= 11 is 0. The third-order valence-electron chi connectivity index (χ3n) is 3.50. The number of anilines is 1. The molecule has 130 valence electrons. The van der Waals surface area contributed by atoms with E-state index in [0.717, 1.165) is 0 Å². The Labute approximate surface area is 143 Å². The SMILES string of the molecule is CCN(CC)S(=O)(=O)c1ccc(S(=O)(=O)Nc2ccccc2)cc1. The van der Waals surface area contributed by atoms with Crippen molar-refractivity contribution >= 4 is 25.7 Å². The molecule has 0 saturated heterocycles. The van der Waals surface area contributed by atoms with Gasteiger partial charge in [0.25, 0.3) is 10.0 Å². The fraction of sp³-hybridized carbons (Fsp3) is 0.250. The van der Waals surface area contributed by atoms with E-state index in [1.165, 1.54) is 28.6 Å². The molecule has 0 aromatic heterocycles. The number of sulfonamides is 2. The second kappa shape index (κ2) is 7.33. The van der Waals surface area contributed by atoms with Crippen molar-refractivity contribution in [3.05, 3.63) is 54.6 Å². The van der Waals surface area contributed by atoms with E-state index in [1.54, 1.807) is 44.2 Å². The molecule has 0 aliphatic rings. The predicted octanol–water partition coefficient (Wildman–Crippen LogP) is 2.52. The molecule has 0 heterocycles. The van der Waals surface area contributed by atoms with E-state index in [2.05, 4.69) is 4.72 Å². The first-order valence-corrected chi connectivity index (χ1v) is 10.4. The molecule has 24 heavy (non-hydrogen) atoms.